The topological polar surface area (TPSA) is 49.4 Å². The minimum atomic E-state index is -3.05. The van der Waals surface area contributed by atoms with Crippen molar-refractivity contribution in [2.24, 2.45) is 0 Å². The van der Waals surface area contributed by atoms with Crippen molar-refractivity contribution < 1.29 is 8.42 Å². The molecule has 0 spiro atoms. The summed E-state index contributed by atoms with van der Waals surface area (Å²) < 4.78 is 25.1. The molecule has 0 radical (unpaired) electrons. The number of hydrogen-bond acceptors (Lipinski definition) is 3. The van der Waals surface area contributed by atoms with Gasteiger partial charge in [0.15, 0.2) is 0 Å². The highest BCUT2D eigenvalue weighted by Gasteiger charge is 2.22. The Kier molecular flexibility index (Phi) is 6.31. The summed E-state index contributed by atoms with van der Waals surface area (Å²) in [5.74, 6) is 0.236. The van der Waals surface area contributed by atoms with Crippen LogP contribution in [0.15, 0.2) is 0 Å². The fourth-order valence-corrected chi connectivity index (χ4v) is 3.21. The summed E-state index contributed by atoms with van der Waals surface area (Å²) in [6, 6.07) is 0.0552. The summed E-state index contributed by atoms with van der Waals surface area (Å²) in [7, 11) is -1.22. The normalized spacial score (nSPS) is 12.7. The first-order chi connectivity index (χ1) is 6.45. The maximum atomic E-state index is 11.8. The fraction of sp³-hybridized carbons (Fsp3) is 1.00. The second-order valence-corrected chi connectivity index (χ2v) is 5.61. The van der Waals surface area contributed by atoms with E-state index in [-0.39, 0.29) is 11.8 Å². The quantitative estimate of drug-likeness (QED) is 0.644. The molecule has 0 saturated heterocycles. The highest BCUT2D eigenvalue weighted by Crippen LogP contribution is 2.07. The molecule has 0 amide bonds. The van der Waals surface area contributed by atoms with E-state index in [4.69, 9.17) is 0 Å². The van der Waals surface area contributed by atoms with E-state index in [2.05, 4.69) is 5.32 Å². The minimum Gasteiger partial charge on any atom is -0.320 e. The Hall–Kier alpha value is -0.130. The van der Waals surface area contributed by atoms with Gasteiger partial charge in [-0.1, -0.05) is 6.92 Å². The van der Waals surface area contributed by atoms with E-state index in [1.807, 2.05) is 27.8 Å². The monoisotopic (exact) mass is 222 g/mol. The first kappa shape index (κ1) is 13.9. The molecular formula is C9H22N2O2S. The van der Waals surface area contributed by atoms with Crippen molar-refractivity contribution in [1.29, 1.82) is 0 Å². The second kappa shape index (κ2) is 6.37. The first-order valence-electron chi connectivity index (χ1n) is 5.09. The van der Waals surface area contributed by atoms with Crippen molar-refractivity contribution in [2.75, 3.05) is 25.9 Å². The molecule has 0 bridgehead atoms. The number of sulfonamides is 1. The fourth-order valence-electron chi connectivity index (χ4n) is 1.43. The van der Waals surface area contributed by atoms with Crippen molar-refractivity contribution in [3.05, 3.63) is 0 Å². The lowest BCUT2D eigenvalue weighted by Crippen LogP contribution is -2.38. The van der Waals surface area contributed by atoms with Crippen molar-refractivity contribution in [3.63, 3.8) is 0 Å². The molecule has 4 nitrogen and oxygen atoms in total. The predicted octanol–water partition coefficient (Wildman–Crippen LogP) is 0.656. The van der Waals surface area contributed by atoms with Gasteiger partial charge in [0.25, 0.3) is 0 Å². The molecule has 0 fully saturated rings. The minimum absolute atomic E-state index is 0.0552. The van der Waals surface area contributed by atoms with Crippen LogP contribution in [-0.4, -0.2) is 44.7 Å². The van der Waals surface area contributed by atoms with E-state index >= 15 is 0 Å². The van der Waals surface area contributed by atoms with Crippen LogP contribution in [0.25, 0.3) is 0 Å². The van der Waals surface area contributed by atoms with E-state index < -0.39 is 10.0 Å². The number of hydrogen-bond donors (Lipinski definition) is 1. The highest BCUT2D eigenvalue weighted by molar-refractivity contribution is 7.89. The summed E-state index contributed by atoms with van der Waals surface area (Å²) in [5.41, 5.74) is 0. The number of nitrogens with one attached hydrogen (secondary N) is 1. The van der Waals surface area contributed by atoms with E-state index in [1.165, 1.54) is 0 Å². The molecule has 0 aromatic carbocycles. The van der Waals surface area contributed by atoms with Crippen molar-refractivity contribution in [2.45, 2.75) is 33.2 Å². The van der Waals surface area contributed by atoms with Crippen LogP contribution in [0.1, 0.15) is 27.2 Å². The van der Waals surface area contributed by atoms with Crippen LogP contribution in [0.2, 0.25) is 0 Å². The molecule has 0 aliphatic carbocycles. The van der Waals surface area contributed by atoms with Crippen LogP contribution in [0.5, 0.6) is 0 Å². The lowest BCUT2D eigenvalue weighted by Gasteiger charge is -2.24. The van der Waals surface area contributed by atoms with Gasteiger partial charge >= 0.3 is 0 Å². The van der Waals surface area contributed by atoms with E-state index in [0.717, 1.165) is 6.54 Å². The van der Waals surface area contributed by atoms with Gasteiger partial charge in [-0.05, 0) is 33.9 Å². The molecule has 0 heterocycles. The molecule has 0 aliphatic heterocycles. The molecule has 0 rings (SSSR count). The summed E-state index contributed by atoms with van der Waals surface area (Å²) in [6.45, 7) is 6.97. The number of rotatable bonds is 7. The second-order valence-electron chi connectivity index (χ2n) is 3.57. The summed E-state index contributed by atoms with van der Waals surface area (Å²) in [5, 5.41) is 2.94. The Morgan fingerprint density at radius 2 is 1.93 bits per heavy atom. The van der Waals surface area contributed by atoms with Gasteiger partial charge in [-0.2, -0.15) is 4.31 Å². The molecular weight excluding hydrogens is 200 g/mol. The molecule has 1 N–H and O–H groups in total. The van der Waals surface area contributed by atoms with Crippen LogP contribution in [0.4, 0.5) is 0 Å². The maximum absolute atomic E-state index is 11.8. The molecule has 0 atom stereocenters. The predicted molar refractivity (Wildman–Crippen MR) is 59.8 cm³/mol. The Labute approximate surface area is 87.7 Å². The Balaban J connectivity index is 4.28. The van der Waals surface area contributed by atoms with Gasteiger partial charge in [0, 0.05) is 12.6 Å². The van der Waals surface area contributed by atoms with E-state index in [9.17, 15) is 8.42 Å². The van der Waals surface area contributed by atoms with Crippen LogP contribution >= 0.6 is 0 Å². The molecule has 0 unspecified atom stereocenters. The van der Waals surface area contributed by atoms with Gasteiger partial charge in [-0.25, -0.2) is 8.42 Å². The third kappa shape index (κ3) is 4.39. The zero-order chi connectivity index (χ0) is 11.2. The lowest BCUT2D eigenvalue weighted by molar-refractivity contribution is 0.368. The third-order valence-electron chi connectivity index (χ3n) is 2.07. The molecule has 86 valence electrons. The molecule has 14 heavy (non-hydrogen) atoms. The van der Waals surface area contributed by atoms with Crippen molar-refractivity contribution >= 4 is 10.0 Å². The van der Waals surface area contributed by atoms with Gasteiger partial charge in [0.05, 0.1) is 5.75 Å². The average Bonchev–Trinajstić information content (AvgIpc) is 2.04. The zero-order valence-corrected chi connectivity index (χ0v) is 10.4. The highest BCUT2D eigenvalue weighted by atomic mass is 32.2. The standard InChI is InChI=1S/C9H22N2O2S/c1-5-11(9(2)3)14(12,13)8-6-7-10-4/h9-10H,5-8H2,1-4H3. The van der Waals surface area contributed by atoms with Gasteiger partial charge < -0.3 is 5.32 Å². The number of nitrogens with zero attached hydrogens (tertiary/aromatic N) is 1. The van der Waals surface area contributed by atoms with Gasteiger partial charge in [0.2, 0.25) is 10.0 Å². The van der Waals surface area contributed by atoms with Crippen molar-refractivity contribution in [1.82, 2.24) is 9.62 Å². The molecule has 0 aromatic rings. The average molecular weight is 222 g/mol. The van der Waals surface area contributed by atoms with Crippen LogP contribution in [-0.2, 0) is 10.0 Å². The van der Waals surface area contributed by atoms with Crippen LogP contribution in [0, 0.1) is 0 Å². The Morgan fingerprint density at radius 1 is 1.36 bits per heavy atom. The third-order valence-corrected chi connectivity index (χ3v) is 4.27. The van der Waals surface area contributed by atoms with Gasteiger partial charge in [-0.15, -0.1) is 0 Å². The smallest absolute Gasteiger partial charge is 0.214 e. The molecule has 0 aliphatic rings. The summed E-state index contributed by atoms with van der Waals surface area (Å²) in [4.78, 5) is 0. The SMILES string of the molecule is CCN(C(C)C)S(=O)(=O)CCCNC. The molecule has 5 heteroatoms. The largest absolute Gasteiger partial charge is 0.320 e. The van der Waals surface area contributed by atoms with E-state index in [0.29, 0.717) is 13.0 Å². The van der Waals surface area contributed by atoms with Crippen LogP contribution in [0.3, 0.4) is 0 Å². The van der Waals surface area contributed by atoms with E-state index in [1.54, 1.807) is 4.31 Å². The molecule has 0 aromatic heterocycles. The lowest BCUT2D eigenvalue weighted by atomic mass is 10.4. The first-order valence-corrected chi connectivity index (χ1v) is 6.70. The molecule has 0 saturated carbocycles. The zero-order valence-electron chi connectivity index (χ0n) is 9.58. The van der Waals surface area contributed by atoms with Crippen molar-refractivity contribution in [3.8, 4) is 0 Å². The maximum Gasteiger partial charge on any atom is 0.214 e. The van der Waals surface area contributed by atoms with Gasteiger partial charge in [-0.3, -0.25) is 0 Å². The Morgan fingerprint density at radius 3 is 2.29 bits per heavy atom. The summed E-state index contributed by atoms with van der Waals surface area (Å²) in [6.07, 6.45) is 0.669. The van der Waals surface area contributed by atoms with Gasteiger partial charge in [0.1, 0.15) is 0 Å². The Bertz CT molecular complexity index is 237. The summed E-state index contributed by atoms with van der Waals surface area (Å²) >= 11 is 0. The van der Waals surface area contributed by atoms with Crippen LogP contribution < -0.4 is 5.32 Å².